The van der Waals surface area contributed by atoms with Gasteiger partial charge in [-0.15, -0.1) is 0 Å². The fourth-order valence-electron chi connectivity index (χ4n) is 2.08. The molecule has 0 aliphatic rings. The Hall–Kier alpha value is -1.64. The monoisotopic (exact) mass is 418 g/mol. The molecule has 27 heavy (non-hydrogen) atoms. The average molecular weight is 419 g/mol. The summed E-state index contributed by atoms with van der Waals surface area (Å²) >= 11 is 5.77. The van der Waals surface area contributed by atoms with Crippen LogP contribution in [0.2, 0.25) is 5.02 Å². The standard InChI is InChI=1S/C18H27ClN2O5S/c1-11(2)15(17(23)26-12(3)16(22)20-18(4,5)6)21-27(24,25)14-9-7-13(19)8-10-14/h7-12,15,21H,1-6H3,(H,20,22)/t12-,15-/m0/s1. The minimum atomic E-state index is -3.96. The van der Waals surface area contributed by atoms with Gasteiger partial charge in [-0.2, -0.15) is 4.72 Å². The van der Waals surface area contributed by atoms with E-state index < -0.39 is 45.5 Å². The molecule has 0 saturated heterocycles. The maximum Gasteiger partial charge on any atom is 0.325 e. The van der Waals surface area contributed by atoms with Crippen molar-refractivity contribution >= 4 is 33.5 Å². The molecule has 0 aliphatic heterocycles. The number of benzene rings is 1. The number of sulfonamides is 1. The maximum atomic E-state index is 12.5. The van der Waals surface area contributed by atoms with Crippen molar-refractivity contribution in [3.05, 3.63) is 29.3 Å². The smallest absolute Gasteiger partial charge is 0.325 e. The van der Waals surface area contributed by atoms with Crippen LogP contribution in [0.5, 0.6) is 0 Å². The lowest BCUT2D eigenvalue weighted by atomic mass is 10.1. The third-order valence-corrected chi connectivity index (χ3v) is 5.20. The molecule has 1 rings (SSSR count). The molecule has 0 saturated carbocycles. The first-order valence-electron chi connectivity index (χ1n) is 8.53. The van der Waals surface area contributed by atoms with E-state index in [-0.39, 0.29) is 4.90 Å². The Labute approximate surface area is 165 Å². The molecular weight excluding hydrogens is 392 g/mol. The number of nitrogens with one attached hydrogen (secondary N) is 2. The molecular formula is C18H27ClN2O5S. The van der Waals surface area contributed by atoms with E-state index in [1.54, 1.807) is 34.6 Å². The number of rotatable bonds is 7. The molecule has 0 radical (unpaired) electrons. The lowest BCUT2D eigenvalue weighted by Gasteiger charge is -2.25. The third kappa shape index (κ3) is 7.48. The second-order valence-electron chi connectivity index (χ2n) is 7.62. The molecule has 0 aliphatic carbocycles. The molecule has 2 atom stereocenters. The van der Waals surface area contributed by atoms with Gasteiger partial charge >= 0.3 is 5.97 Å². The van der Waals surface area contributed by atoms with Crippen molar-refractivity contribution in [2.75, 3.05) is 0 Å². The Balaban J connectivity index is 2.90. The summed E-state index contributed by atoms with van der Waals surface area (Å²) in [6.45, 7) is 10.2. The fraction of sp³-hybridized carbons (Fsp3) is 0.556. The van der Waals surface area contributed by atoms with Gasteiger partial charge in [0, 0.05) is 10.6 Å². The second kappa shape index (κ2) is 9.03. The number of ether oxygens (including phenoxy) is 1. The first kappa shape index (κ1) is 23.4. The zero-order valence-corrected chi connectivity index (χ0v) is 17.9. The predicted molar refractivity (Wildman–Crippen MR) is 104 cm³/mol. The highest BCUT2D eigenvalue weighted by Gasteiger charge is 2.32. The van der Waals surface area contributed by atoms with Gasteiger partial charge in [-0.25, -0.2) is 8.42 Å². The summed E-state index contributed by atoms with van der Waals surface area (Å²) in [4.78, 5) is 24.5. The lowest BCUT2D eigenvalue weighted by molar-refractivity contribution is -0.157. The maximum absolute atomic E-state index is 12.5. The largest absolute Gasteiger partial charge is 0.451 e. The molecule has 7 nitrogen and oxygen atoms in total. The van der Waals surface area contributed by atoms with Gasteiger partial charge in [0.25, 0.3) is 5.91 Å². The predicted octanol–water partition coefficient (Wildman–Crippen LogP) is 2.49. The van der Waals surface area contributed by atoms with E-state index in [2.05, 4.69) is 10.0 Å². The van der Waals surface area contributed by atoms with E-state index >= 15 is 0 Å². The number of amides is 1. The first-order chi connectivity index (χ1) is 12.2. The zero-order valence-electron chi connectivity index (χ0n) is 16.4. The highest BCUT2D eigenvalue weighted by molar-refractivity contribution is 7.89. The molecule has 0 heterocycles. The van der Waals surface area contributed by atoms with Gasteiger partial charge in [-0.3, -0.25) is 9.59 Å². The quantitative estimate of drug-likeness (QED) is 0.662. The highest BCUT2D eigenvalue weighted by atomic mass is 35.5. The average Bonchev–Trinajstić information content (AvgIpc) is 2.51. The Morgan fingerprint density at radius 1 is 1.07 bits per heavy atom. The van der Waals surface area contributed by atoms with Crippen LogP contribution in [-0.2, 0) is 24.3 Å². The van der Waals surface area contributed by atoms with Crippen molar-refractivity contribution in [1.82, 2.24) is 10.0 Å². The van der Waals surface area contributed by atoms with Crippen LogP contribution in [0, 0.1) is 5.92 Å². The highest BCUT2D eigenvalue weighted by Crippen LogP contribution is 2.16. The van der Waals surface area contributed by atoms with Crippen LogP contribution in [0.1, 0.15) is 41.5 Å². The number of esters is 1. The number of carbonyl (C=O) groups excluding carboxylic acids is 2. The van der Waals surface area contributed by atoms with Crippen LogP contribution < -0.4 is 10.0 Å². The summed E-state index contributed by atoms with van der Waals surface area (Å²) in [7, 11) is -3.96. The van der Waals surface area contributed by atoms with Crippen molar-refractivity contribution in [3.63, 3.8) is 0 Å². The van der Waals surface area contributed by atoms with Crippen molar-refractivity contribution in [3.8, 4) is 0 Å². The summed E-state index contributed by atoms with van der Waals surface area (Å²) in [6.07, 6.45) is -1.06. The van der Waals surface area contributed by atoms with Gasteiger partial charge in [0.05, 0.1) is 4.90 Å². The molecule has 2 N–H and O–H groups in total. The van der Waals surface area contributed by atoms with Gasteiger partial charge < -0.3 is 10.1 Å². The molecule has 1 aromatic rings. The number of halogens is 1. The molecule has 1 amide bonds. The van der Waals surface area contributed by atoms with E-state index in [1.165, 1.54) is 31.2 Å². The summed E-state index contributed by atoms with van der Waals surface area (Å²) in [5.74, 6) is -1.67. The lowest BCUT2D eigenvalue weighted by Crippen LogP contribution is -2.50. The Kier molecular flexibility index (Phi) is 7.83. The van der Waals surface area contributed by atoms with Crippen molar-refractivity contribution in [2.24, 2.45) is 5.92 Å². The van der Waals surface area contributed by atoms with Gasteiger partial charge in [0.15, 0.2) is 6.10 Å². The Morgan fingerprint density at radius 2 is 1.59 bits per heavy atom. The molecule has 0 spiro atoms. The molecule has 0 bridgehead atoms. The van der Waals surface area contributed by atoms with E-state index in [4.69, 9.17) is 16.3 Å². The summed E-state index contributed by atoms with van der Waals surface area (Å²) in [6, 6.07) is 4.42. The third-order valence-electron chi connectivity index (χ3n) is 3.49. The zero-order chi connectivity index (χ0) is 21.0. The normalized spacial score (nSPS) is 14.5. The topological polar surface area (TPSA) is 102 Å². The SMILES string of the molecule is CC(C)[C@H](NS(=O)(=O)c1ccc(Cl)cc1)C(=O)O[C@@H](C)C(=O)NC(C)(C)C. The van der Waals surface area contributed by atoms with Crippen LogP contribution >= 0.6 is 11.6 Å². The molecule has 9 heteroatoms. The molecule has 0 fully saturated rings. The molecule has 0 unspecified atom stereocenters. The Bertz CT molecular complexity index is 770. The summed E-state index contributed by atoms with van der Waals surface area (Å²) in [5, 5.41) is 3.10. The summed E-state index contributed by atoms with van der Waals surface area (Å²) in [5.41, 5.74) is -0.481. The molecule has 0 aromatic heterocycles. The van der Waals surface area contributed by atoms with Crippen molar-refractivity contribution in [2.45, 2.75) is 64.1 Å². The summed E-state index contributed by atoms with van der Waals surface area (Å²) < 4.78 is 32.6. The van der Waals surface area contributed by atoms with Crippen molar-refractivity contribution < 1.29 is 22.7 Å². The van der Waals surface area contributed by atoms with Crippen LogP contribution in [0.3, 0.4) is 0 Å². The van der Waals surface area contributed by atoms with Crippen LogP contribution in [0.15, 0.2) is 29.2 Å². The number of carbonyl (C=O) groups is 2. The Morgan fingerprint density at radius 3 is 2.04 bits per heavy atom. The van der Waals surface area contributed by atoms with Crippen LogP contribution in [0.25, 0.3) is 0 Å². The van der Waals surface area contributed by atoms with E-state index in [9.17, 15) is 18.0 Å². The molecule has 152 valence electrons. The number of hydrogen-bond donors (Lipinski definition) is 2. The van der Waals surface area contributed by atoms with Crippen LogP contribution in [-0.4, -0.2) is 38.0 Å². The van der Waals surface area contributed by atoms with E-state index in [1.807, 2.05) is 0 Å². The van der Waals surface area contributed by atoms with Gasteiger partial charge in [0.1, 0.15) is 6.04 Å². The number of hydrogen-bond acceptors (Lipinski definition) is 5. The minimum Gasteiger partial charge on any atom is -0.451 e. The molecule has 1 aromatic carbocycles. The second-order valence-corrected chi connectivity index (χ2v) is 9.77. The first-order valence-corrected chi connectivity index (χ1v) is 10.4. The van der Waals surface area contributed by atoms with Crippen molar-refractivity contribution in [1.29, 1.82) is 0 Å². The van der Waals surface area contributed by atoms with Gasteiger partial charge in [0.2, 0.25) is 10.0 Å². The van der Waals surface area contributed by atoms with E-state index in [0.29, 0.717) is 5.02 Å². The fourth-order valence-corrected chi connectivity index (χ4v) is 3.54. The minimum absolute atomic E-state index is 0.0242. The van der Waals surface area contributed by atoms with Gasteiger partial charge in [-0.1, -0.05) is 25.4 Å². The van der Waals surface area contributed by atoms with E-state index in [0.717, 1.165) is 0 Å². The van der Waals surface area contributed by atoms with Gasteiger partial charge in [-0.05, 0) is 57.9 Å². The van der Waals surface area contributed by atoms with Crippen LogP contribution in [0.4, 0.5) is 0 Å².